The van der Waals surface area contributed by atoms with Crippen molar-refractivity contribution in [1.29, 1.82) is 0 Å². The van der Waals surface area contributed by atoms with Crippen LogP contribution < -0.4 is 10.6 Å². The monoisotopic (exact) mass is 328 g/mol. The van der Waals surface area contributed by atoms with Crippen LogP contribution in [0.5, 0.6) is 0 Å². The summed E-state index contributed by atoms with van der Waals surface area (Å²) in [7, 11) is 1.90. The van der Waals surface area contributed by atoms with Crippen LogP contribution in [0.15, 0.2) is 42.6 Å². The van der Waals surface area contributed by atoms with E-state index < -0.39 is 0 Å². The number of benzene rings is 1. The molecule has 1 aromatic heterocycles. The minimum absolute atomic E-state index is 0.0553. The molecule has 2 amide bonds. The summed E-state index contributed by atoms with van der Waals surface area (Å²) in [6, 6.07) is 12.2. The van der Waals surface area contributed by atoms with Gasteiger partial charge in [-0.3, -0.25) is 4.68 Å². The predicted molar refractivity (Wildman–Crippen MR) is 91.6 cm³/mol. The maximum atomic E-state index is 12.1. The zero-order valence-electron chi connectivity index (χ0n) is 13.9. The molecule has 6 nitrogen and oxygen atoms in total. The van der Waals surface area contributed by atoms with Crippen LogP contribution in [0, 0.1) is 0 Å². The second-order valence-corrected chi connectivity index (χ2v) is 6.09. The topological polar surface area (TPSA) is 68.2 Å². The second kappa shape index (κ2) is 7.97. The van der Waals surface area contributed by atoms with Gasteiger partial charge in [-0.2, -0.15) is 5.10 Å². The van der Waals surface area contributed by atoms with E-state index in [0.29, 0.717) is 13.2 Å². The molecule has 2 heterocycles. The normalized spacial score (nSPS) is 20.5. The van der Waals surface area contributed by atoms with Gasteiger partial charge in [0.05, 0.1) is 6.10 Å². The Bertz CT molecular complexity index is 656. The van der Waals surface area contributed by atoms with E-state index in [4.69, 9.17) is 4.74 Å². The Hall–Kier alpha value is -2.34. The van der Waals surface area contributed by atoms with Gasteiger partial charge in [-0.15, -0.1) is 0 Å². The number of hydrogen-bond acceptors (Lipinski definition) is 3. The fourth-order valence-electron chi connectivity index (χ4n) is 3.02. The highest BCUT2D eigenvalue weighted by molar-refractivity contribution is 5.74. The molecule has 0 radical (unpaired) electrons. The molecule has 0 spiro atoms. The molecular weight excluding hydrogens is 304 g/mol. The molecule has 1 aliphatic heterocycles. The van der Waals surface area contributed by atoms with Crippen LogP contribution in [0.25, 0.3) is 0 Å². The third-order valence-electron chi connectivity index (χ3n) is 4.38. The molecule has 0 bridgehead atoms. The molecule has 1 saturated heterocycles. The van der Waals surface area contributed by atoms with Crippen LogP contribution in [-0.2, 0) is 18.2 Å². The van der Waals surface area contributed by atoms with Crippen molar-refractivity contribution in [2.45, 2.75) is 31.4 Å². The molecule has 0 saturated carbocycles. The van der Waals surface area contributed by atoms with E-state index in [0.717, 1.165) is 25.0 Å². The second-order valence-electron chi connectivity index (χ2n) is 6.09. The van der Waals surface area contributed by atoms with Crippen molar-refractivity contribution < 1.29 is 9.53 Å². The van der Waals surface area contributed by atoms with Crippen molar-refractivity contribution in [3.05, 3.63) is 53.9 Å². The van der Waals surface area contributed by atoms with Gasteiger partial charge < -0.3 is 15.4 Å². The number of carbonyl (C=O) groups excluding carboxylic acids is 1. The minimum Gasteiger partial charge on any atom is -0.373 e. The third kappa shape index (κ3) is 4.35. The maximum absolute atomic E-state index is 12.1. The SMILES string of the molecule is Cn1nccc1CCNC(=O)NC1CCOC(c2ccccc2)C1. The van der Waals surface area contributed by atoms with E-state index in [1.165, 1.54) is 5.56 Å². The lowest BCUT2D eigenvalue weighted by Gasteiger charge is -2.30. The summed E-state index contributed by atoms with van der Waals surface area (Å²) < 4.78 is 7.66. The molecule has 3 rings (SSSR count). The highest BCUT2D eigenvalue weighted by Crippen LogP contribution is 2.27. The van der Waals surface area contributed by atoms with E-state index in [-0.39, 0.29) is 18.2 Å². The highest BCUT2D eigenvalue weighted by atomic mass is 16.5. The number of urea groups is 1. The Balaban J connectivity index is 1.43. The van der Waals surface area contributed by atoms with Crippen LogP contribution >= 0.6 is 0 Å². The first-order valence-corrected chi connectivity index (χ1v) is 8.40. The molecule has 1 aromatic carbocycles. The van der Waals surface area contributed by atoms with E-state index in [9.17, 15) is 4.79 Å². The zero-order chi connectivity index (χ0) is 16.8. The van der Waals surface area contributed by atoms with Crippen molar-refractivity contribution in [2.24, 2.45) is 7.05 Å². The lowest BCUT2D eigenvalue weighted by Crippen LogP contribution is -2.45. The molecule has 2 unspecified atom stereocenters. The molecule has 2 atom stereocenters. The summed E-state index contributed by atoms with van der Waals surface area (Å²) in [6.45, 7) is 1.26. The summed E-state index contributed by atoms with van der Waals surface area (Å²) in [6.07, 6.45) is 4.24. The predicted octanol–water partition coefficient (Wildman–Crippen LogP) is 2.18. The summed E-state index contributed by atoms with van der Waals surface area (Å²) in [5, 5.41) is 10.1. The Kier molecular flexibility index (Phi) is 5.48. The van der Waals surface area contributed by atoms with Crippen molar-refractivity contribution in [3.63, 3.8) is 0 Å². The van der Waals surface area contributed by atoms with Gasteiger partial charge in [-0.1, -0.05) is 30.3 Å². The summed E-state index contributed by atoms with van der Waals surface area (Å²) in [5.74, 6) is 0. The number of nitrogens with one attached hydrogen (secondary N) is 2. The molecule has 1 aliphatic rings. The molecular formula is C18H24N4O2. The van der Waals surface area contributed by atoms with Gasteiger partial charge in [0, 0.05) is 44.6 Å². The van der Waals surface area contributed by atoms with Crippen LogP contribution in [0.2, 0.25) is 0 Å². The van der Waals surface area contributed by atoms with Gasteiger partial charge in [0.1, 0.15) is 0 Å². The van der Waals surface area contributed by atoms with Gasteiger partial charge in [0.15, 0.2) is 0 Å². The number of hydrogen-bond donors (Lipinski definition) is 2. The molecule has 24 heavy (non-hydrogen) atoms. The van der Waals surface area contributed by atoms with Crippen molar-refractivity contribution >= 4 is 6.03 Å². The summed E-state index contributed by atoms with van der Waals surface area (Å²) in [4.78, 5) is 12.1. The zero-order valence-corrected chi connectivity index (χ0v) is 13.9. The lowest BCUT2D eigenvalue weighted by molar-refractivity contribution is 0.00227. The van der Waals surface area contributed by atoms with Gasteiger partial charge in [0.25, 0.3) is 0 Å². The first-order chi connectivity index (χ1) is 11.7. The maximum Gasteiger partial charge on any atom is 0.315 e. The van der Waals surface area contributed by atoms with Crippen LogP contribution in [0.4, 0.5) is 4.79 Å². The molecule has 1 fully saturated rings. The number of ether oxygens (including phenoxy) is 1. The number of rotatable bonds is 5. The van der Waals surface area contributed by atoms with E-state index in [2.05, 4.69) is 27.9 Å². The largest absolute Gasteiger partial charge is 0.373 e. The quantitative estimate of drug-likeness (QED) is 0.884. The number of amides is 2. The van der Waals surface area contributed by atoms with Gasteiger partial charge in [-0.05, 0) is 24.5 Å². The number of aryl methyl sites for hydroxylation is 1. The van der Waals surface area contributed by atoms with Crippen LogP contribution in [0.1, 0.15) is 30.2 Å². The van der Waals surface area contributed by atoms with Crippen LogP contribution in [0.3, 0.4) is 0 Å². The van der Waals surface area contributed by atoms with Crippen LogP contribution in [-0.4, -0.2) is 35.0 Å². The Labute approximate surface area is 142 Å². The summed E-state index contributed by atoms with van der Waals surface area (Å²) in [5.41, 5.74) is 2.27. The third-order valence-corrected chi connectivity index (χ3v) is 4.38. The van der Waals surface area contributed by atoms with Gasteiger partial charge in [-0.25, -0.2) is 4.79 Å². The van der Waals surface area contributed by atoms with E-state index in [1.54, 1.807) is 6.20 Å². The van der Waals surface area contributed by atoms with E-state index >= 15 is 0 Å². The standard InChI is InChI=1S/C18H24N4O2/c1-22-16(8-11-20-22)7-10-19-18(23)21-15-9-12-24-17(13-15)14-5-3-2-4-6-14/h2-6,8,11,15,17H,7,9-10,12-13H2,1H3,(H2,19,21,23). The highest BCUT2D eigenvalue weighted by Gasteiger charge is 2.24. The van der Waals surface area contributed by atoms with Crippen molar-refractivity contribution in [1.82, 2.24) is 20.4 Å². The molecule has 2 N–H and O–H groups in total. The average molecular weight is 328 g/mol. The lowest BCUT2D eigenvalue weighted by atomic mass is 9.97. The first-order valence-electron chi connectivity index (χ1n) is 8.40. The smallest absolute Gasteiger partial charge is 0.315 e. The average Bonchev–Trinajstić information content (AvgIpc) is 3.01. The van der Waals surface area contributed by atoms with Crippen molar-refractivity contribution in [3.8, 4) is 0 Å². The molecule has 6 heteroatoms. The molecule has 128 valence electrons. The summed E-state index contributed by atoms with van der Waals surface area (Å²) >= 11 is 0. The van der Waals surface area contributed by atoms with Crippen molar-refractivity contribution in [2.75, 3.05) is 13.2 Å². The Morgan fingerprint density at radius 1 is 1.33 bits per heavy atom. The number of aromatic nitrogens is 2. The fraction of sp³-hybridized carbons (Fsp3) is 0.444. The first kappa shape index (κ1) is 16.5. The number of nitrogens with zero attached hydrogens (tertiary/aromatic N) is 2. The molecule has 2 aromatic rings. The van der Waals surface area contributed by atoms with Gasteiger partial charge in [0.2, 0.25) is 0 Å². The fourth-order valence-corrected chi connectivity index (χ4v) is 3.02. The Morgan fingerprint density at radius 3 is 2.92 bits per heavy atom. The van der Waals surface area contributed by atoms with Gasteiger partial charge >= 0.3 is 6.03 Å². The number of carbonyl (C=O) groups is 1. The Morgan fingerprint density at radius 2 is 2.17 bits per heavy atom. The molecule has 0 aliphatic carbocycles. The minimum atomic E-state index is -0.115. The van der Waals surface area contributed by atoms with E-state index in [1.807, 2.05) is 36.0 Å².